The molecule has 3 amide bonds. The Hall–Kier alpha value is -3.18. The highest BCUT2D eigenvalue weighted by molar-refractivity contribution is 6.30. The van der Waals surface area contributed by atoms with Crippen molar-refractivity contribution in [1.82, 2.24) is 5.32 Å². The van der Waals surface area contributed by atoms with Gasteiger partial charge >= 0.3 is 6.18 Å². The first-order valence-electron chi connectivity index (χ1n) is 9.11. The standard InChI is InChI=1S/C20H16ClF4N3O4/c21-11-5-10(6-12(22)7-11)9-27-16(29)14-8-13(1-2-15(14)20(23,24)25)28-4-3-19(32,17(26)30)18(28)31/h1-2,5-8,32H,3-4,9H2,(H2,26,30)(H,27,29). The van der Waals surface area contributed by atoms with Crippen molar-refractivity contribution in [2.75, 3.05) is 11.4 Å². The van der Waals surface area contributed by atoms with Gasteiger partial charge in [0.2, 0.25) is 5.60 Å². The third-order valence-corrected chi connectivity index (χ3v) is 5.16. The maximum Gasteiger partial charge on any atom is 0.417 e. The van der Waals surface area contributed by atoms with Crippen molar-refractivity contribution >= 4 is 35.0 Å². The Balaban J connectivity index is 1.92. The van der Waals surface area contributed by atoms with Crippen LogP contribution in [0.15, 0.2) is 36.4 Å². The van der Waals surface area contributed by atoms with E-state index in [0.29, 0.717) is 6.07 Å². The van der Waals surface area contributed by atoms with Gasteiger partial charge in [0, 0.05) is 30.2 Å². The fourth-order valence-corrected chi connectivity index (χ4v) is 3.55. The smallest absolute Gasteiger partial charge is 0.372 e. The van der Waals surface area contributed by atoms with E-state index in [1.807, 2.05) is 0 Å². The lowest BCUT2D eigenvalue weighted by Gasteiger charge is -2.21. The highest BCUT2D eigenvalue weighted by Gasteiger charge is 2.51. The molecule has 4 N–H and O–H groups in total. The van der Waals surface area contributed by atoms with Gasteiger partial charge in [0.25, 0.3) is 17.7 Å². The number of carbonyl (C=O) groups excluding carboxylic acids is 3. The SMILES string of the molecule is NC(=O)C1(O)CCN(c2ccc(C(F)(F)F)c(C(=O)NCc3cc(F)cc(Cl)c3)c2)C1=O. The molecule has 1 unspecified atom stereocenters. The van der Waals surface area contributed by atoms with Gasteiger partial charge in [-0.2, -0.15) is 13.2 Å². The molecule has 2 aromatic rings. The molecule has 1 aliphatic heterocycles. The van der Waals surface area contributed by atoms with Crippen LogP contribution in [0.1, 0.15) is 27.9 Å². The molecule has 7 nitrogen and oxygen atoms in total. The number of hydrogen-bond acceptors (Lipinski definition) is 4. The van der Waals surface area contributed by atoms with Crippen molar-refractivity contribution in [2.45, 2.75) is 24.7 Å². The van der Waals surface area contributed by atoms with Crippen molar-refractivity contribution in [2.24, 2.45) is 5.73 Å². The van der Waals surface area contributed by atoms with Gasteiger partial charge in [-0.05, 0) is 42.0 Å². The van der Waals surface area contributed by atoms with E-state index in [0.717, 1.165) is 29.2 Å². The number of anilines is 1. The summed E-state index contributed by atoms with van der Waals surface area (Å²) in [6.45, 7) is -0.519. The number of benzene rings is 2. The number of rotatable bonds is 5. The van der Waals surface area contributed by atoms with Gasteiger partial charge < -0.3 is 21.1 Å². The lowest BCUT2D eigenvalue weighted by atomic mass is 10.0. The molecule has 1 heterocycles. The van der Waals surface area contributed by atoms with Gasteiger partial charge in [-0.3, -0.25) is 14.4 Å². The third-order valence-electron chi connectivity index (χ3n) is 4.94. The number of halogens is 5. The van der Waals surface area contributed by atoms with Crippen LogP contribution in [0.3, 0.4) is 0 Å². The number of nitrogens with two attached hydrogens (primary N) is 1. The molecule has 0 aromatic heterocycles. The van der Waals surface area contributed by atoms with Crippen LogP contribution < -0.4 is 16.0 Å². The number of hydrogen-bond donors (Lipinski definition) is 3. The molecule has 12 heteroatoms. The van der Waals surface area contributed by atoms with Gasteiger partial charge in [-0.15, -0.1) is 0 Å². The van der Waals surface area contributed by atoms with Crippen LogP contribution in [-0.4, -0.2) is 35.0 Å². The summed E-state index contributed by atoms with van der Waals surface area (Å²) in [6.07, 6.45) is -5.25. The molecule has 0 spiro atoms. The van der Waals surface area contributed by atoms with Gasteiger partial charge in [-0.25, -0.2) is 4.39 Å². The minimum Gasteiger partial charge on any atom is -0.372 e. The van der Waals surface area contributed by atoms with Gasteiger partial charge in [-0.1, -0.05) is 11.6 Å². The molecule has 32 heavy (non-hydrogen) atoms. The number of alkyl halides is 3. The van der Waals surface area contributed by atoms with E-state index in [-0.39, 0.29) is 35.8 Å². The first-order valence-corrected chi connectivity index (χ1v) is 9.49. The van der Waals surface area contributed by atoms with E-state index >= 15 is 0 Å². The Bertz CT molecular complexity index is 1090. The molecule has 0 bridgehead atoms. The topological polar surface area (TPSA) is 113 Å². The molecular weight excluding hydrogens is 458 g/mol. The fourth-order valence-electron chi connectivity index (χ4n) is 3.31. The fraction of sp³-hybridized carbons (Fsp3) is 0.250. The highest BCUT2D eigenvalue weighted by atomic mass is 35.5. The van der Waals surface area contributed by atoms with E-state index in [2.05, 4.69) is 5.32 Å². The van der Waals surface area contributed by atoms with Gasteiger partial charge in [0.15, 0.2) is 0 Å². The molecule has 0 radical (unpaired) electrons. The minimum atomic E-state index is -4.89. The van der Waals surface area contributed by atoms with Crippen LogP contribution in [0.4, 0.5) is 23.2 Å². The molecule has 1 aliphatic rings. The molecule has 1 fully saturated rings. The average molecular weight is 474 g/mol. The molecule has 1 saturated heterocycles. The summed E-state index contributed by atoms with van der Waals surface area (Å²) in [5.74, 6) is -4.22. The van der Waals surface area contributed by atoms with Crippen LogP contribution >= 0.6 is 11.6 Å². The van der Waals surface area contributed by atoms with Gasteiger partial charge in [0.1, 0.15) is 5.82 Å². The number of nitrogens with one attached hydrogen (secondary N) is 1. The summed E-state index contributed by atoms with van der Waals surface area (Å²) >= 11 is 5.73. The van der Waals surface area contributed by atoms with Crippen LogP contribution in [0.25, 0.3) is 0 Å². The zero-order chi connectivity index (χ0) is 23.8. The van der Waals surface area contributed by atoms with Crippen molar-refractivity contribution in [1.29, 1.82) is 0 Å². The molecule has 0 saturated carbocycles. The average Bonchev–Trinajstić information content (AvgIpc) is 3.00. The number of primary amides is 1. The van der Waals surface area contributed by atoms with Crippen molar-refractivity contribution in [3.05, 3.63) is 63.9 Å². The lowest BCUT2D eigenvalue weighted by molar-refractivity contribution is -0.147. The summed E-state index contributed by atoms with van der Waals surface area (Å²) in [6, 6.07) is 5.79. The summed E-state index contributed by atoms with van der Waals surface area (Å²) < 4.78 is 53.8. The number of nitrogens with zero attached hydrogens (tertiary/aromatic N) is 1. The second-order valence-electron chi connectivity index (χ2n) is 7.12. The summed E-state index contributed by atoms with van der Waals surface area (Å²) in [5, 5.41) is 12.4. The molecule has 2 aromatic carbocycles. The number of amides is 3. The van der Waals surface area contributed by atoms with Gasteiger partial charge in [0.05, 0.1) is 11.1 Å². The van der Waals surface area contributed by atoms with Crippen molar-refractivity contribution < 1.29 is 37.1 Å². The maximum atomic E-state index is 13.5. The van der Waals surface area contributed by atoms with E-state index < -0.39 is 46.4 Å². The second kappa shape index (κ2) is 8.40. The lowest BCUT2D eigenvalue weighted by Crippen LogP contribution is -2.50. The predicted octanol–water partition coefficient (Wildman–Crippen LogP) is 2.38. The van der Waals surface area contributed by atoms with E-state index in [4.69, 9.17) is 17.3 Å². The normalized spacial score (nSPS) is 18.7. The Morgan fingerprint density at radius 1 is 1.22 bits per heavy atom. The highest BCUT2D eigenvalue weighted by Crippen LogP contribution is 2.36. The minimum absolute atomic E-state index is 0.0433. The Labute approximate surface area is 183 Å². The zero-order valence-electron chi connectivity index (χ0n) is 16.2. The molecule has 1 atom stereocenters. The van der Waals surface area contributed by atoms with Crippen LogP contribution in [0.5, 0.6) is 0 Å². The first kappa shape index (κ1) is 23.5. The third kappa shape index (κ3) is 4.53. The number of aliphatic hydroxyl groups is 1. The maximum absolute atomic E-state index is 13.5. The van der Waals surface area contributed by atoms with Crippen molar-refractivity contribution in [3.8, 4) is 0 Å². The van der Waals surface area contributed by atoms with Crippen molar-refractivity contribution in [3.63, 3.8) is 0 Å². The largest absolute Gasteiger partial charge is 0.417 e. The summed E-state index contributed by atoms with van der Waals surface area (Å²) in [4.78, 5) is 37.3. The zero-order valence-corrected chi connectivity index (χ0v) is 16.9. The molecule has 3 rings (SSSR count). The summed E-state index contributed by atoms with van der Waals surface area (Å²) in [7, 11) is 0. The molecule has 0 aliphatic carbocycles. The first-order chi connectivity index (χ1) is 14.8. The second-order valence-corrected chi connectivity index (χ2v) is 7.56. The Kier molecular flexibility index (Phi) is 6.16. The Morgan fingerprint density at radius 3 is 2.47 bits per heavy atom. The van der Waals surface area contributed by atoms with Crippen LogP contribution in [0.2, 0.25) is 5.02 Å². The predicted molar refractivity (Wildman–Crippen MR) is 105 cm³/mol. The van der Waals surface area contributed by atoms with Crippen LogP contribution in [-0.2, 0) is 22.3 Å². The van der Waals surface area contributed by atoms with Crippen LogP contribution in [0, 0.1) is 5.82 Å². The summed E-state index contributed by atoms with van der Waals surface area (Å²) in [5.41, 5.74) is 0.569. The number of carbonyl (C=O) groups is 3. The quantitative estimate of drug-likeness (QED) is 0.457. The van der Waals surface area contributed by atoms with E-state index in [9.17, 15) is 37.1 Å². The Morgan fingerprint density at radius 2 is 1.91 bits per heavy atom. The van der Waals surface area contributed by atoms with E-state index in [1.165, 1.54) is 6.07 Å². The molecule has 170 valence electrons. The monoisotopic (exact) mass is 473 g/mol. The van der Waals surface area contributed by atoms with E-state index in [1.54, 1.807) is 0 Å². The molecular formula is C20H16ClF4N3O4.